The maximum atomic E-state index is 13.5. The summed E-state index contributed by atoms with van der Waals surface area (Å²) >= 11 is 0. The standard InChI is InChI=1S/C21H26FN3O5S/c1-13-18(21(27)30-4)14(2)23-19(13)20(26)15(3)24-8-10-25(11-9-24)31(28,29)17-7-5-6-16(22)12-17/h5-7,12,15,23H,8-11H2,1-4H3. The average molecular weight is 452 g/mol. The number of piperazine rings is 1. The number of halogens is 1. The summed E-state index contributed by atoms with van der Waals surface area (Å²) in [7, 11) is -2.52. The summed E-state index contributed by atoms with van der Waals surface area (Å²) in [6.07, 6.45) is 0. The van der Waals surface area contributed by atoms with E-state index in [1.165, 1.54) is 29.6 Å². The Kier molecular flexibility index (Phi) is 6.63. The molecule has 1 aliphatic rings. The normalized spacial score (nSPS) is 16.8. The molecule has 1 N–H and O–H groups in total. The Labute approximate surface area is 181 Å². The van der Waals surface area contributed by atoms with Gasteiger partial charge in [-0.1, -0.05) is 6.07 Å². The lowest BCUT2D eigenvalue weighted by Gasteiger charge is -2.36. The first-order valence-corrected chi connectivity index (χ1v) is 11.3. The van der Waals surface area contributed by atoms with Crippen molar-refractivity contribution < 1.29 is 27.1 Å². The predicted octanol–water partition coefficient (Wildman–Crippen LogP) is 2.13. The molecule has 0 bridgehead atoms. The van der Waals surface area contributed by atoms with Gasteiger partial charge in [-0.2, -0.15) is 4.31 Å². The third-order valence-corrected chi connectivity index (χ3v) is 7.60. The number of H-pyrrole nitrogens is 1. The van der Waals surface area contributed by atoms with Crippen LogP contribution < -0.4 is 0 Å². The Morgan fingerprint density at radius 3 is 2.39 bits per heavy atom. The van der Waals surface area contributed by atoms with Gasteiger partial charge in [0.2, 0.25) is 10.0 Å². The number of carbonyl (C=O) groups is 2. The lowest BCUT2D eigenvalue weighted by molar-refractivity contribution is 0.0599. The quantitative estimate of drug-likeness (QED) is 0.534. The highest BCUT2D eigenvalue weighted by Gasteiger charge is 2.33. The number of sulfonamides is 1. The fraction of sp³-hybridized carbons (Fsp3) is 0.429. The molecule has 3 rings (SSSR count). The molecule has 168 valence electrons. The zero-order chi connectivity index (χ0) is 22.9. The van der Waals surface area contributed by atoms with Crippen LogP contribution in [0.5, 0.6) is 0 Å². The van der Waals surface area contributed by atoms with Gasteiger partial charge < -0.3 is 9.72 Å². The molecule has 0 spiro atoms. The molecule has 10 heteroatoms. The lowest BCUT2D eigenvalue weighted by Crippen LogP contribution is -2.53. The van der Waals surface area contributed by atoms with E-state index in [1.807, 2.05) is 4.90 Å². The van der Waals surface area contributed by atoms with E-state index in [0.717, 1.165) is 6.07 Å². The number of rotatable bonds is 6. The molecular formula is C21H26FN3O5S. The molecule has 0 radical (unpaired) electrons. The van der Waals surface area contributed by atoms with E-state index < -0.39 is 27.9 Å². The summed E-state index contributed by atoms with van der Waals surface area (Å²) < 4.78 is 45.1. The summed E-state index contributed by atoms with van der Waals surface area (Å²) in [5.41, 5.74) is 1.80. The van der Waals surface area contributed by atoms with Crippen LogP contribution in [-0.2, 0) is 14.8 Å². The van der Waals surface area contributed by atoms with Crippen LogP contribution in [0.25, 0.3) is 0 Å². The van der Waals surface area contributed by atoms with Gasteiger partial charge in [-0.15, -0.1) is 0 Å². The third-order valence-electron chi connectivity index (χ3n) is 5.71. The summed E-state index contributed by atoms with van der Waals surface area (Å²) in [6.45, 7) is 6.23. The minimum atomic E-state index is -3.80. The van der Waals surface area contributed by atoms with Gasteiger partial charge >= 0.3 is 5.97 Å². The zero-order valence-corrected chi connectivity index (χ0v) is 18.8. The predicted molar refractivity (Wildman–Crippen MR) is 112 cm³/mol. The average Bonchev–Trinajstić information content (AvgIpc) is 3.06. The molecule has 8 nitrogen and oxygen atoms in total. The molecular weight excluding hydrogens is 425 g/mol. The summed E-state index contributed by atoms with van der Waals surface area (Å²) in [5, 5.41) is 0. The Morgan fingerprint density at radius 2 is 1.81 bits per heavy atom. The van der Waals surface area contributed by atoms with Crippen molar-refractivity contribution in [2.75, 3.05) is 33.3 Å². The number of nitrogens with zero attached hydrogens (tertiary/aromatic N) is 2. The van der Waals surface area contributed by atoms with Gasteiger partial charge in [0.05, 0.1) is 29.3 Å². The molecule has 1 aromatic heterocycles. The van der Waals surface area contributed by atoms with Gasteiger partial charge in [-0.3, -0.25) is 9.69 Å². The van der Waals surface area contributed by atoms with Crippen LogP contribution in [0.1, 0.15) is 39.0 Å². The van der Waals surface area contributed by atoms with Crippen LogP contribution in [0, 0.1) is 19.7 Å². The van der Waals surface area contributed by atoms with Gasteiger partial charge in [-0.25, -0.2) is 17.6 Å². The second-order valence-corrected chi connectivity index (χ2v) is 9.49. The van der Waals surface area contributed by atoms with E-state index >= 15 is 0 Å². The topological polar surface area (TPSA) is 99.8 Å². The van der Waals surface area contributed by atoms with Crippen molar-refractivity contribution in [3.8, 4) is 0 Å². The van der Waals surface area contributed by atoms with Crippen molar-refractivity contribution in [1.29, 1.82) is 0 Å². The fourth-order valence-electron chi connectivity index (χ4n) is 3.89. The van der Waals surface area contributed by atoms with E-state index in [9.17, 15) is 22.4 Å². The minimum Gasteiger partial charge on any atom is -0.465 e. The van der Waals surface area contributed by atoms with E-state index in [1.54, 1.807) is 20.8 Å². The molecule has 1 aliphatic heterocycles. The smallest absolute Gasteiger partial charge is 0.339 e. The highest BCUT2D eigenvalue weighted by atomic mass is 32.2. The second kappa shape index (κ2) is 8.89. The number of methoxy groups -OCH3 is 1. The van der Waals surface area contributed by atoms with Crippen LogP contribution in [0.4, 0.5) is 4.39 Å². The first kappa shape index (κ1) is 23.1. The number of esters is 1. The van der Waals surface area contributed by atoms with Crippen molar-refractivity contribution in [3.63, 3.8) is 0 Å². The monoisotopic (exact) mass is 451 g/mol. The highest BCUT2D eigenvalue weighted by molar-refractivity contribution is 7.89. The van der Waals surface area contributed by atoms with Crippen LogP contribution in [0.15, 0.2) is 29.2 Å². The van der Waals surface area contributed by atoms with Crippen LogP contribution >= 0.6 is 0 Å². The van der Waals surface area contributed by atoms with Crippen molar-refractivity contribution in [1.82, 2.24) is 14.2 Å². The minimum absolute atomic E-state index is 0.0853. The second-order valence-electron chi connectivity index (χ2n) is 7.55. The molecule has 0 amide bonds. The molecule has 1 atom stereocenters. The lowest BCUT2D eigenvalue weighted by atomic mass is 10.0. The molecule has 1 saturated heterocycles. The van der Waals surface area contributed by atoms with Crippen LogP contribution in [-0.4, -0.2) is 73.7 Å². The highest BCUT2D eigenvalue weighted by Crippen LogP contribution is 2.23. The molecule has 2 heterocycles. The Balaban J connectivity index is 1.71. The Bertz CT molecular complexity index is 1100. The Morgan fingerprint density at radius 1 is 1.16 bits per heavy atom. The van der Waals surface area contributed by atoms with Gasteiger partial charge in [0.15, 0.2) is 5.78 Å². The van der Waals surface area contributed by atoms with Crippen molar-refractivity contribution in [2.24, 2.45) is 0 Å². The number of benzene rings is 1. The van der Waals surface area contributed by atoms with Crippen molar-refractivity contribution in [2.45, 2.75) is 31.7 Å². The SMILES string of the molecule is COC(=O)c1c(C)[nH]c(C(=O)C(C)N2CCN(S(=O)(=O)c3cccc(F)c3)CC2)c1C. The number of carbonyl (C=O) groups excluding carboxylic acids is 2. The maximum absolute atomic E-state index is 13.5. The molecule has 2 aromatic rings. The Hall–Kier alpha value is -2.56. The molecule has 31 heavy (non-hydrogen) atoms. The number of aryl methyl sites for hydroxylation is 1. The molecule has 0 saturated carbocycles. The van der Waals surface area contributed by atoms with Crippen LogP contribution in [0.2, 0.25) is 0 Å². The number of Topliss-reactive ketones (excluding diaryl/α,β-unsaturated/α-hetero) is 1. The van der Waals surface area contributed by atoms with Crippen molar-refractivity contribution in [3.05, 3.63) is 52.6 Å². The molecule has 0 aliphatic carbocycles. The number of aromatic amines is 1. The number of hydrogen-bond donors (Lipinski definition) is 1. The van der Waals surface area contributed by atoms with Gasteiger partial charge in [0.25, 0.3) is 0 Å². The van der Waals surface area contributed by atoms with Gasteiger partial charge in [-0.05, 0) is 44.5 Å². The largest absolute Gasteiger partial charge is 0.465 e. The molecule has 1 fully saturated rings. The van der Waals surface area contributed by atoms with E-state index in [2.05, 4.69) is 4.98 Å². The van der Waals surface area contributed by atoms with Crippen molar-refractivity contribution >= 4 is 21.8 Å². The molecule has 1 aromatic carbocycles. The van der Waals surface area contributed by atoms with Gasteiger partial charge in [0, 0.05) is 31.9 Å². The van der Waals surface area contributed by atoms with E-state index in [4.69, 9.17) is 4.74 Å². The number of nitrogens with one attached hydrogen (secondary N) is 1. The number of ketones is 1. The fourth-order valence-corrected chi connectivity index (χ4v) is 5.34. The zero-order valence-electron chi connectivity index (χ0n) is 17.9. The molecule has 1 unspecified atom stereocenters. The first-order chi connectivity index (χ1) is 14.6. The number of aromatic nitrogens is 1. The number of ether oxygens (including phenoxy) is 1. The third kappa shape index (κ3) is 4.41. The summed E-state index contributed by atoms with van der Waals surface area (Å²) in [5.74, 6) is -1.30. The first-order valence-electron chi connectivity index (χ1n) is 9.89. The van der Waals surface area contributed by atoms with E-state index in [0.29, 0.717) is 35.6 Å². The van der Waals surface area contributed by atoms with Crippen LogP contribution in [0.3, 0.4) is 0 Å². The van der Waals surface area contributed by atoms with Gasteiger partial charge in [0.1, 0.15) is 5.82 Å². The number of hydrogen-bond acceptors (Lipinski definition) is 6. The van der Waals surface area contributed by atoms with E-state index in [-0.39, 0.29) is 23.8 Å². The summed E-state index contributed by atoms with van der Waals surface area (Å²) in [4.78, 5) is 29.9. The summed E-state index contributed by atoms with van der Waals surface area (Å²) in [6, 6.07) is 4.42. The maximum Gasteiger partial charge on any atom is 0.339 e.